The summed E-state index contributed by atoms with van der Waals surface area (Å²) in [6.07, 6.45) is 0. The van der Waals surface area contributed by atoms with Gasteiger partial charge in [0, 0.05) is 0 Å². The van der Waals surface area contributed by atoms with Crippen LogP contribution in [-0.4, -0.2) is 25.4 Å². The van der Waals surface area contributed by atoms with Crippen molar-refractivity contribution in [2.45, 2.75) is 31.5 Å². The standard InChI is InChI=1S/C27H22N2OSe/c1-17-13-18(2)23-22(14-17)29-25(24(23)19-9-5-4-6-10-19)20-11-7-8-12-21(20)27(3,26(29)30)15-31-16-28/h4-14H,15H2,1-3H3. The number of rotatable bonds is 3. The fourth-order valence-electron chi connectivity index (χ4n) is 5.00. The molecule has 0 bridgehead atoms. The molecule has 2 heterocycles. The van der Waals surface area contributed by atoms with Crippen molar-refractivity contribution in [1.29, 1.82) is 5.26 Å². The van der Waals surface area contributed by atoms with Gasteiger partial charge in [-0.1, -0.05) is 0 Å². The fraction of sp³-hybridized carbons (Fsp3) is 0.185. The summed E-state index contributed by atoms with van der Waals surface area (Å²) in [7, 11) is 0. The third-order valence-electron chi connectivity index (χ3n) is 6.35. The zero-order valence-corrected chi connectivity index (χ0v) is 19.5. The van der Waals surface area contributed by atoms with Crippen LogP contribution in [0.15, 0.2) is 66.7 Å². The number of aromatic nitrogens is 1. The van der Waals surface area contributed by atoms with Crippen LogP contribution in [0.3, 0.4) is 0 Å². The first-order valence-corrected chi connectivity index (χ1v) is 12.4. The van der Waals surface area contributed by atoms with Crippen LogP contribution >= 0.6 is 0 Å². The summed E-state index contributed by atoms with van der Waals surface area (Å²) >= 11 is -0.258. The van der Waals surface area contributed by atoms with Crippen LogP contribution in [0.1, 0.15) is 28.4 Å². The van der Waals surface area contributed by atoms with Crippen LogP contribution in [0.4, 0.5) is 0 Å². The Labute approximate surface area is 188 Å². The number of aryl methyl sites for hydroxylation is 2. The van der Waals surface area contributed by atoms with Crippen LogP contribution in [-0.2, 0) is 5.41 Å². The van der Waals surface area contributed by atoms with Crippen molar-refractivity contribution in [2.24, 2.45) is 0 Å². The first-order valence-electron chi connectivity index (χ1n) is 10.3. The number of carbonyl (C=O) groups excluding carboxylic acids is 1. The molecule has 152 valence electrons. The zero-order chi connectivity index (χ0) is 21.8. The Morgan fingerprint density at radius 2 is 1.74 bits per heavy atom. The Kier molecular flexibility index (Phi) is 4.63. The molecule has 0 fully saturated rings. The van der Waals surface area contributed by atoms with E-state index in [-0.39, 0.29) is 20.9 Å². The van der Waals surface area contributed by atoms with Gasteiger partial charge < -0.3 is 0 Å². The topological polar surface area (TPSA) is 45.8 Å². The molecule has 0 saturated carbocycles. The predicted octanol–water partition coefficient (Wildman–Crippen LogP) is 6.11. The molecule has 31 heavy (non-hydrogen) atoms. The van der Waals surface area contributed by atoms with Crippen LogP contribution < -0.4 is 0 Å². The van der Waals surface area contributed by atoms with Crippen molar-refractivity contribution in [1.82, 2.24) is 4.57 Å². The van der Waals surface area contributed by atoms with Crippen LogP contribution in [0.25, 0.3) is 33.3 Å². The molecule has 5 rings (SSSR count). The van der Waals surface area contributed by atoms with Crippen molar-refractivity contribution in [2.75, 3.05) is 0 Å². The van der Waals surface area contributed by atoms with E-state index in [1.165, 1.54) is 5.56 Å². The van der Waals surface area contributed by atoms with Crippen molar-refractivity contribution in [3.8, 4) is 27.4 Å². The summed E-state index contributed by atoms with van der Waals surface area (Å²) in [4.78, 5) is 16.5. The Morgan fingerprint density at radius 1 is 1.03 bits per heavy atom. The van der Waals surface area contributed by atoms with Gasteiger partial charge in [0.1, 0.15) is 0 Å². The van der Waals surface area contributed by atoms with Crippen LogP contribution in [0.2, 0.25) is 5.32 Å². The molecular weight excluding hydrogens is 447 g/mol. The second-order valence-corrected chi connectivity index (χ2v) is 10.1. The van der Waals surface area contributed by atoms with Crippen LogP contribution in [0.5, 0.6) is 0 Å². The molecule has 3 aromatic carbocycles. The number of nitrogens with zero attached hydrogens (tertiary/aromatic N) is 2. The van der Waals surface area contributed by atoms with Crippen molar-refractivity contribution < 1.29 is 4.79 Å². The number of carbonyl (C=O) groups is 1. The van der Waals surface area contributed by atoms with Gasteiger partial charge in [0.05, 0.1) is 0 Å². The van der Waals surface area contributed by atoms with Crippen molar-refractivity contribution in [3.63, 3.8) is 0 Å². The summed E-state index contributed by atoms with van der Waals surface area (Å²) in [5.74, 6) is 0.0653. The molecule has 0 N–H and O–H groups in total. The molecule has 0 aliphatic carbocycles. The summed E-state index contributed by atoms with van der Waals surface area (Å²) in [5.41, 5.74) is 7.87. The molecule has 0 saturated heterocycles. The van der Waals surface area contributed by atoms with Gasteiger partial charge >= 0.3 is 189 Å². The van der Waals surface area contributed by atoms with E-state index in [9.17, 15) is 10.1 Å². The van der Waals surface area contributed by atoms with E-state index in [1.54, 1.807) is 0 Å². The SMILES string of the molecule is Cc1cc(C)c2c(-c3ccccc3)c3n(c2c1)C(=O)C(C)(C[Se]C#N)c1ccccc1-3. The van der Waals surface area contributed by atoms with Crippen LogP contribution in [0, 0.1) is 24.1 Å². The van der Waals surface area contributed by atoms with Gasteiger partial charge in [0.15, 0.2) is 0 Å². The molecule has 4 heteroatoms. The third-order valence-corrected chi connectivity index (χ3v) is 8.13. The summed E-state index contributed by atoms with van der Waals surface area (Å²) in [5, 5.41) is 11.0. The average Bonchev–Trinajstić information content (AvgIpc) is 3.12. The number of hydrogen-bond donors (Lipinski definition) is 0. The maximum absolute atomic E-state index is 14.2. The Morgan fingerprint density at radius 3 is 2.48 bits per heavy atom. The van der Waals surface area contributed by atoms with Gasteiger partial charge in [0.25, 0.3) is 0 Å². The summed E-state index contributed by atoms with van der Waals surface area (Å²) in [6, 6.07) is 22.9. The van der Waals surface area contributed by atoms with E-state index >= 15 is 0 Å². The van der Waals surface area contributed by atoms with E-state index in [0.717, 1.165) is 44.4 Å². The minimum atomic E-state index is -0.711. The number of fused-ring (bicyclic) bond motifs is 5. The second kappa shape index (κ2) is 7.24. The fourth-order valence-corrected chi connectivity index (χ4v) is 6.32. The van der Waals surface area contributed by atoms with Gasteiger partial charge in [-0.2, -0.15) is 0 Å². The average molecular weight is 469 g/mol. The second-order valence-electron chi connectivity index (χ2n) is 8.46. The molecule has 1 aliphatic heterocycles. The maximum atomic E-state index is 14.2. The molecule has 1 aromatic heterocycles. The number of benzene rings is 3. The van der Waals surface area contributed by atoms with Gasteiger partial charge in [-0.15, -0.1) is 0 Å². The molecule has 0 amide bonds. The Balaban J connectivity index is 1.98. The van der Waals surface area contributed by atoms with Crippen molar-refractivity contribution in [3.05, 3.63) is 83.4 Å². The van der Waals surface area contributed by atoms with E-state index in [1.807, 2.05) is 41.8 Å². The van der Waals surface area contributed by atoms with E-state index < -0.39 is 5.41 Å². The molecule has 1 atom stereocenters. The minimum absolute atomic E-state index is 0.0653. The van der Waals surface area contributed by atoms with E-state index in [4.69, 9.17) is 0 Å². The predicted molar refractivity (Wildman–Crippen MR) is 126 cm³/mol. The molecule has 0 radical (unpaired) electrons. The van der Waals surface area contributed by atoms with Crippen molar-refractivity contribution >= 4 is 31.8 Å². The molecule has 4 aromatic rings. The first-order chi connectivity index (χ1) is 15.0. The quantitative estimate of drug-likeness (QED) is 0.340. The Bertz CT molecular complexity index is 1390. The van der Waals surface area contributed by atoms with E-state index in [0.29, 0.717) is 5.32 Å². The molecule has 1 aliphatic rings. The van der Waals surface area contributed by atoms with Gasteiger partial charge in [-0.3, -0.25) is 0 Å². The number of hydrogen-bond acceptors (Lipinski definition) is 2. The summed E-state index contributed by atoms with van der Waals surface area (Å²) < 4.78 is 1.94. The molecular formula is C27H22N2OSe. The molecule has 1 unspecified atom stereocenters. The molecule has 3 nitrogen and oxygen atoms in total. The van der Waals surface area contributed by atoms with Gasteiger partial charge in [-0.05, 0) is 0 Å². The van der Waals surface area contributed by atoms with E-state index in [2.05, 4.69) is 55.2 Å². The summed E-state index contributed by atoms with van der Waals surface area (Å²) in [6.45, 7) is 6.21. The Hall–Kier alpha value is -3.12. The monoisotopic (exact) mass is 470 g/mol. The third kappa shape index (κ3) is 2.82. The molecule has 0 spiro atoms. The zero-order valence-electron chi connectivity index (χ0n) is 17.8. The number of nitriles is 1. The first kappa shape index (κ1) is 19.8. The normalized spacial score (nSPS) is 17.3. The van der Waals surface area contributed by atoms with Gasteiger partial charge in [-0.25, -0.2) is 0 Å². The van der Waals surface area contributed by atoms with Gasteiger partial charge in [0.2, 0.25) is 0 Å².